The highest BCUT2D eigenvalue weighted by atomic mass is 19.1. The van der Waals surface area contributed by atoms with Crippen LogP contribution in [0.3, 0.4) is 0 Å². The zero-order chi connectivity index (χ0) is 13.7. The molecule has 1 unspecified atom stereocenters. The Morgan fingerprint density at radius 2 is 2.21 bits per heavy atom. The van der Waals surface area contributed by atoms with E-state index in [2.05, 4.69) is 24.1 Å². The molecule has 1 aliphatic heterocycles. The third-order valence-corrected chi connectivity index (χ3v) is 4.10. The van der Waals surface area contributed by atoms with E-state index in [4.69, 9.17) is 0 Å². The predicted molar refractivity (Wildman–Crippen MR) is 77.7 cm³/mol. The summed E-state index contributed by atoms with van der Waals surface area (Å²) in [5.41, 5.74) is 1.04. The van der Waals surface area contributed by atoms with Crippen LogP contribution < -0.4 is 5.32 Å². The summed E-state index contributed by atoms with van der Waals surface area (Å²) in [7, 11) is 0. The fraction of sp³-hybridized carbons (Fsp3) is 0.625. The lowest BCUT2D eigenvalue weighted by Crippen LogP contribution is -2.33. The van der Waals surface area contributed by atoms with Gasteiger partial charge in [0.05, 0.1) is 0 Å². The van der Waals surface area contributed by atoms with Crippen LogP contribution in [0, 0.1) is 5.82 Å². The first-order valence-corrected chi connectivity index (χ1v) is 7.43. The molecule has 0 saturated carbocycles. The molecule has 1 aromatic carbocycles. The first-order chi connectivity index (χ1) is 9.19. The number of nitrogens with zero attached hydrogens (tertiary/aromatic N) is 1. The number of rotatable bonds is 4. The highest BCUT2D eigenvalue weighted by Gasteiger charge is 2.18. The second-order valence-corrected chi connectivity index (χ2v) is 5.51. The molecule has 2 atom stereocenters. The number of halogens is 1. The van der Waals surface area contributed by atoms with E-state index in [1.165, 1.54) is 38.4 Å². The Kier molecular flexibility index (Phi) is 5.34. The molecule has 3 heteroatoms. The van der Waals surface area contributed by atoms with Crippen LogP contribution >= 0.6 is 0 Å². The molecule has 1 saturated heterocycles. The van der Waals surface area contributed by atoms with Crippen molar-refractivity contribution in [3.8, 4) is 0 Å². The zero-order valence-corrected chi connectivity index (χ0v) is 12.0. The molecule has 1 heterocycles. The first kappa shape index (κ1) is 14.5. The van der Waals surface area contributed by atoms with E-state index in [1.807, 2.05) is 6.07 Å². The van der Waals surface area contributed by atoms with Crippen LogP contribution in [0.15, 0.2) is 24.3 Å². The number of hydrogen-bond donors (Lipinski definition) is 1. The Hall–Kier alpha value is -0.930. The Balaban J connectivity index is 1.90. The average molecular weight is 264 g/mol. The van der Waals surface area contributed by atoms with E-state index in [-0.39, 0.29) is 11.9 Å². The SMILES string of the molecule is CCN1CCCC(N[C@H](C)c2cccc(F)c2)CC1. The minimum absolute atomic E-state index is 0.149. The third kappa shape index (κ3) is 4.29. The molecule has 0 spiro atoms. The van der Waals surface area contributed by atoms with Crippen LogP contribution in [0.5, 0.6) is 0 Å². The highest BCUT2D eigenvalue weighted by Crippen LogP contribution is 2.18. The summed E-state index contributed by atoms with van der Waals surface area (Å²) in [6.07, 6.45) is 3.66. The van der Waals surface area contributed by atoms with Gasteiger partial charge in [0.1, 0.15) is 5.82 Å². The van der Waals surface area contributed by atoms with E-state index in [0.717, 1.165) is 12.1 Å². The molecule has 2 nitrogen and oxygen atoms in total. The summed E-state index contributed by atoms with van der Waals surface area (Å²) in [4.78, 5) is 2.51. The maximum absolute atomic E-state index is 13.2. The first-order valence-electron chi connectivity index (χ1n) is 7.43. The summed E-state index contributed by atoms with van der Waals surface area (Å²) in [6, 6.07) is 7.68. The molecule has 0 aromatic heterocycles. The second kappa shape index (κ2) is 7.01. The molecular formula is C16H25FN2. The standard InChI is InChI=1S/C16H25FN2/c1-3-19-10-5-8-16(9-11-19)18-13(2)14-6-4-7-15(17)12-14/h4,6-7,12-13,16,18H,3,5,8-11H2,1-2H3/t13-,16?/m1/s1. The fourth-order valence-corrected chi connectivity index (χ4v) is 2.86. The number of hydrogen-bond acceptors (Lipinski definition) is 2. The van der Waals surface area contributed by atoms with Gasteiger partial charge in [-0.2, -0.15) is 0 Å². The van der Waals surface area contributed by atoms with Crippen LogP contribution in [-0.2, 0) is 0 Å². The van der Waals surface area contributed by atoms with Gasteiger partial charge in [-0.25, -0.2) is 4.39 Å². The quantitative estimate of drug-likeness (QED) is 0.897. The number of benzene rings is 1. The topological polar surface area (TPSA) is 15.3 Å². The second-order valence-electron chi connectivity index (χ2n) is 5.51. The maximum atomic E-state index is 13.2. The smallest absolute Gasteiger partial charge is 0.123 e. The summed E-state index contributed by atoms with van der Waals surface area (Å²) >= 11 is 0. The molecule has 1 fully saturated rings. The lowest BCUT2D eigenvalue weighted by molar-refractivity contribution is 0.295. The van der Waals surface area contributed by atoms with Gasteiger partial charge in [0.2, 0.25) is 0 Å². The zero-order valence-electron chi connectivity index (χ0n) is 12.0. The van der Waals surface area contributed by atoms with Crippen LogP contribution in [0.2, 0.25) is 0 Å². The van der Waals surface area contributed by atoms with Gasteiger partial charge >= 0.3 is 0 Å². The van der Waals surface area contributed by atoms with Gasteiger partial charge in [-0.3, -0.25) is 0 Å². The van der Waals surface area contributed by atoms with Gasteiger partial charge in [0, 0.05) is 12.1 Å². The maximum Gasteiger partial charge on any atom is 0.123 e. The lowest BCUT2D eigenvalue weighted by Gasteiger charge is -2.23. The Morgan fingerprint density at radius 3 is 2.95 bits per heavy atom. The van der Waals surface area contributed by atoms with E-state index < -0.39 is 0 Å². The van der Waals surface area contributed by atoms with Crippen LogP contribution in [0.4, 0.5) is 4.39 Å². The average Bonchev–Trinajstić information content (AvgIpc) is 2.64. The minimum atomic E-state index is -0.149. The van der Waals surface area contributed by atoms with Crippen molar-refractivity contribution >= 4 is 0 Å². The Labute approximate surface area is 116 Å². The van der Waals surface area contributed by atoms with Crippen molar-refractivity contribution < 1.29 is 4.39 Å². The summed E-state index contributed by atoms with van der Waals surface area (Å²) in [5, 5.41) is 3.65. The van der Waals surface area contributed by atoms with E-state index in [1.54, 1.807) is 12.1 Å². The fourth-order valence-electron chi connectivity index (χ4n) is 2.86. The van der Waals surface area contributed by atoms with E-state index >= 15 is 0 Å². The molecule has 1 N–H and O–H groups in total. The van der Waals surface area contributed by atoms with Crippen molar-refractivity contribution in [2.24, 2.45) is 0 Å². The van der Waals surface area contributed by atoms with Crippen molar-refractivity contribution in [2.45, 2.75) is 45.2 Å². The summed E-state index contributed by atoms with van der Waals surface area (Å²) < 4.78 is 13.2. The van der Waals surface area contributed by atoms with Crippen molar-refractivity contribution in [2.75, 3.05) is 19.6 Å². The van der Waals surface area contributed by atoms with Gasteiger partial charge < -0.3 is 10.2 Å². The number of nitrogens with one attached hydrogen (secondary N) is 1. The highest BCUT2D eigenvalue weighted by molar-refractivity contribution is 5.19. The van der Waals surface area contributed by atoms with Crippen molar-refractivity contribution in [3.05, 3.63) is 35.6 Å². The molecule has 0 aliphatic carbocycles. The van der Waals surface area contributed by atoms with E-state index in [0.29, 0.717) is 6.04 Å². The molecule has 2 rings (SSSR count). The van der Waals surface area contributed by atoms with Gasteiger partial charge in [0.25, 0.3) is 0 Å². The van der Waals surface area contributed by atoms with Crippen LogP contribution in [-0.4, -0.2) is 30.6 Å². The largest absolute Gasteiger partial charge is 0.307 e. The molecule has 106 valence electrons. The van der Waals surface area contributed by atoms with Crippen molar-refractivity contribution in [1.82, 2.24) is 10.2 Å². The van der Waals surface area contributed by atoms with Gasteiger partial charge in [-0.15, -0.1) is 0 Å². The number of likely N-dealkylation sites (tertiary alicyclic amines) is 1. The molecule has 0 bridgehead atoms. The van der Waals surface area contributed by atoms with Crippen molar-refractivity contribution in [3.63, 3.8) is 0 Å². The molecule has 0 radical (unpaired) electrons. The molecule has 1 aromatic rings. The molecule has 1 aliphatic rings. The molecular weight excluding hydrogens is 239 g/mol. The Bertz CT molecular complexity index is 394. The summed E-state index contributed by atoms with van der Waals surface area (Å²) in [5.74, 6) is -0.149. The minimum Gasteiger partial charge on any atom is -0.307 e. The van der Waals surface area contributed by atoms with E-state index in [9.17, 15) is 4.39 Å². The van der Waals surface area contributed by atoms with Crippen LogP contribution in [0.25, 0.3) is 0 Å². The monoisotopic (exact) mass is 264 g/mol. The Morgan fingerprint density at radius 1 is 1.37 bits per heavy atom. The van der Waals surface area contributed by atoms with Crippen molar-refractivity contribution in [1.29, 1.82) is 0 Å². The molecule has 0 amide bonds. The predicted octanol–water partition coefficient (Wildman–Crippen LogP) is 3.35. The van der Waals surface area contributed by atoms with Gasteiger partial charge in [-0.1, -0.05) is 19.1 Å². The van der Waals surface area contributed by atoms with Gasteiger partial charge in [0.15, 0.2) is 0 Å². The normalized spacial score (nSPS) is 23.0. The molecule has 19 heavy (non-hydrogen) atoms. The summed E-state index contributed by atoms with van der Waals surface area (Å²) in [6.45, 7) is 7.87. The van der Waals surface area contributed by atoms with Crippen LogP contribution in [0.1, 0.15) is 44.7 Å². The van der Waals surface area contributed by atoms with Gasteiger partial charge in [-0.05, 0) is 63.5 Å². The third-order valence-electron chi connectivity index (χ3n) is 4.10. The lowest BCUT2D eigenvalue weighted by atomic mass is 10.0.